The molecule has 0 saturated heterocycles. The third-order valence-electron chi connectivity index (χ3n) is 2.23. The molecule has 0 unspecified atom stereocenters. The Hall–Kier alpha value is -1.52. The molecule has 4 nitrogen and oxygen atoms in total. The number of carbonyl (C=O) groups is 1. The quantitative estimate of drug-likeness (QED) is 0.760. The summed E-state index contributed by atoms with van der Waals surface area (Å²) in [5.41, 5.74) is 1.28. The molecule has 1 aromatic heterocycles. The number of rotatable bonds is 3. The van der Waals surface area contributed by atoms with Crippen LogP contribution in [0.25, 0.3) is 10.9 Å². The lowest BCUT2D eigenvalue weighted by atomic mass is 10.2. The van der Waals surface area contributed by atoms with Gasteiger partial charge in [-0.05, 0) is 18.2 Å². The number of benzene rings is 1. The van der Waals surface area contributed by atoms with E-state index >= 15 is 0 Å². The fourth-order valence-electron chi connectivity index (χ4n) is 1.49. The maximum absolute atomic E-state index is 11.6. The van der Waals surface area contributed by atoms with Crippen molar-refractivity contribution in [3.8, 4) is 0 Å². The summed E-state index contributed by atoms with van der Waals surface area (Å²) in [5, 5.41) is 12.7. The Kier molecular flexibility index (Phi) is 3.12. The van der Waals surface area contributed by atoms with Gasteiger partial charge in [-0.1, -0.05) is 17.7 Å². The molecule has 0 spiro atoms. The van der Waals surface area contributed by atoms with E-state index in [2.05, 4.69) is 10.3 Å². The number of carbonyl (C=O) groups excluding carboxylic acids is 1. The molecule has 1 amide bonds. The van der Waals surface area contributed by atoms with E-state index in [1.54, 1.807) is 18.2 Å². The molecule has 84 valence electrons. The van der Waals surface area contributed by atoms with Crippen LogP contribution in [0.15, 0.2) is 24.3 Å². The van der Waals surface area contributed by atoms with Crippen LogP contribution >= 0.6 is 11.6 Å². The van der Waals surface area contributed by atoms with Gasteiger partial charge in [-0.3, -0.25) is 4.79 Å². The van der Waals surface area contributed by atoms with Gasteiger partial charge >= 0.3 is 0 Å². The van der Waals surface area contributed by atoms with Crippen molar-refractivity contribution in [3.05, 3.63) is 35.0 Å². The lowest BCUT2D eigenvalue weighted by Gasteiger charge is -1.99. The van der Waals surface area contributed by atoms with Gasteiger partial charge in [0.2, 0.25) is 0 Å². The maximum atomic E-state index is 11.6. The van der Waals surface area contributed by atoms with Crippen LogP contribution in [-0.4, -0.2) is 29.1 Å². The number of aliphatic hydroxyl groups excluding tert-OH is 1. The molecule has 0 saturated carbocycles. The van der Waals surface area contributed by atoms with Gasteiger partial charge in [0.05, 0.1) is 6.61 Å². The van der Waals surface area contributed by atoms with E-state index in [1.807, 2.05) is 6.07 Å². The number of hydrogen-bond acceptors (Lipinski definition) is 2. The van der Waals surface area contributed by atoms with E-state index in [0.29, 0.717) is 10.7 Å². The summed E-state index contributed by atoms with van der Waals surface area (Å²) in [6.45, 7) is 0.173. The molecule has 0 aliphatic carbocycles. The van der Waals surface area contributed by atoms with Gasteiger partial charge in [0, 0.05) is 22.5 Å². The second-order valence-corrected chi connectivity index (χ2v) is 3.83. The monoisotopic (exact) mass is 238 g/mol. The van der Waals surface area contributed by atoms with Crippen LogP contribution in [0, 0.1) is 0 Å². The molecule has 2 aromatic rings. The summed E-state index contributed by atoms with van der Waals surface area (Å²) in [4.78, 5) is 14.5. The summed E-state index contributed by atoms with van der Waals surface area (Å²) in [5.74, 6) is -0.235. The molecule has 0 aliphatic rings. The van der Waals surface area contributed by atoms with Gasteiger partial charge in [-0.25, -0.2) is 0 Å². The molecule has 0 radical (unpaired) electrons. The number of hydrogen-bond donors (Lipinski definition) is 3. The standard InChI is InChI=1S/C11H11ClN2O2/c12-8-2-1-7-5-10(14-9(7)6-8)11(16)13-3-4-15/h1-2,5-6,14-15H,3-4H2,(H,13,16). The number of aromatic nitrogens is 1. The van der Waals surface area contributed by atoms with Gasteiger partial charge in [-0.15, -0.1) is 0 Å². The average Bonchev–Trinajstić information content (AvgIpc) is 2.68. The lowest BCUT2D eigenvalue weighted by molar-refractivity contribution is 0.0940. The summed E-state index contributed by atoms with van der Waals surface area (Å²) < 4.78 is 0. The number of aromatic amines is 1. The highest BCUT2D eigenvalue weighted by molar-refractivity contribution is 6.31. The maximum Gasteiger partial charge on any atom is 0.267 e. The van der Waals surface area contributed by atoms with Crippen molar-refractivity contribution in [2.75, 3.05) is 13.2 Å². The SMILES string of the molecule is O=C(NCCO)c1cc2ccc(Cl)cc2[nH]1. The highest BCUT2D eigenvalue weighted by atomic mass is 35.5. The normalized spacial score (nSPS) is 10.6. The fourth-order valence-corrected chi connectivity index (χ4v) is 1.66. The molecule has 5 heteroatoms. The number of nitrogens with one attached hydrogen (secondary N) is 2. The van der Waals surface area contributed by atoms with E-state index in [0.717, 1.165) is 10.9 Å². The molecule has 3 N–H and O–H groups in total. The topological polar surface area (TPSA) is 65.1 Å². The van der Waals surface area contributed by atoms with Crippen molar-refractivity contribution >= 4 is 28.4 Å². The van der Waals surface area contributed by atoms with Crippen molar-refractivity contribution in [1.29, 1.82) is 0 Å². The van der Waals surface area contributed by atoms with Crippen LogP contribution in [0.3, 0.4) is 0 Å². The first-order valence-corrected chi connectivity index (χ1v) is 5.26. The Morgan fingerprint density at radius 1 is 1.44 bits per heavy atom. The minimum Gasteiger partial charge on any atom is -0.395 e. The number of amides is 1. The molecular weight excluding hydrogens is 228 g/mol. The van der Waals surface area contributed by atoms with Crippen LogP contribution < -0.4 is 5.32 Å². The Balaban J connectivity index is 2.28. The first-order valence-electron chi connectivity index (χ1n) is 4.88. The van der Waals surface area contributed by atoms with Crippen molar-refractivity contribution in [3.63, 3.8) is 0 Å². The second kappa shape index (κ2) is 4.55. The smallest absolute Gasteiger partial charge is 0.267 e. The number of halogens is 1. The third-order valence-corrected chi connectivity index (χ3v) is 2.46. The summed E-state index contributed by atoms with van der Waals surface area (Å²) >= 11 is 5.84. The largest absolute Gasteiger partial charge is 0.395 e. The number of H-pyrrole nitrogens is 1. The minimum atomic E-state index is -0.235. The van der Waals surface area contributed by atoms with E-state index in [-0.39, 0.29) is 19.1 Å². The van der Waals surface area contributed by atoms with Crippen LogP contribution in [-0.2, 0) is 0 Å². The van der Waals surface area contributed by atoms with E-state index in [9.17, 15) is 4.79 Å². The van der Waals surface area contributed by atoms with Crippen LogP contribution in [0.2, 0.25) is 5.02 Å². The van der Waals surface area contributed by atoms with Crippen LogP contribution in [0.4, 0.5) is 0 Å². The van der Waals surface area contributed by atoms with Crippen LogP contribution in [0.1, 0.15) is 10.5 Å². The van der Waals surface area contributed by atoms with Gasteiger partial charge in [-0.2, -0.15) is 0 Å². The second-order valence-electron chi connectivity index (χ2n) is 3.39. The molecule has 16 heavy (non-hydrogen) atoms. The Labute approximate surface area is 97.2 Å². The van der Waals surface area contributed by atoms with Crippen molar-refractivity contribution in [2.45, 2.75) is 0 Å². The first kappa shape index (κ1) is 11.0. The zero-order valence-corrected chi connectivity index (χ0v) is 9.21. The molecule has 0 fully saturated rings. The lowest BCUT2D eigenvalue weighted by Crippen LogP contribution is -2.26. The predicted octanol–water partition coefficient (Wildman–Crippen LogP) is 1.54. The fraction of sp³-hybridized carbons (Fsp3) is 0.182. The molecular formula is C11H11ClN2O2. The van der Waals surface area contributed by atoms with Crippen LogP contribution in [0.5, 0.6) is 0 Å². The Morgan fingerprint density at radius 3 is 3.00 bits per heavy atom. The van der Waals surface area contributed by atoms with Crippen molar-refractivity contribution in [2.24, 2.45) is 0 Å². The Morgan fingerprint density at radius 2 is 2.25 bits per heavy atom. The van der Waals surface area contributed by atoms with Gasteiger partial charge in [0.1, 0.15) is 5.69 Å². The molecule has 0 bridgehead atoms. The third kappa shape index (κ3) is 2.18. The molecule has 1 aromatic carbocycles. The van der Waals surface area contributed by atoms with E-state index in [1.165, 1.54) is 0 Å². The minimum absolute atomic E-state index is 0.0716. The van der Waals surface area contributed by atoms with Gasteiger partial charge < -0.3 is 15.4 Å². The molecule has 2 rings (SSSR count). The zero-order valence-electron chi connectivity index (χ0n) is 8.46. The first-order chi connectivity index (χ1) is 7.70. The van der Waals surface area contributed by atoms with Crippen molar-refractivity contribution < 1.29 is 9.90 Å². The molecule has 1 heterocycles. The van der Waals surface area contributed by atoms with Gasteiger partial charge in [0.15, 0.2) is 0 Å². The van der Waals surface area contributed by atoms with Gasteiger partial charge in [0.25, 0.3) is 5.91 Å². The summed E-state index contributed by atoms with van der Waals surface area (Å²) in [6, 6.07) is 7.13. The van der Waals surface area contributed by atoms with E-state index < -0.39 is 0 Å². The molecule has 0 atom stereocenters. The van der Waals surface area contributed by atoms with E-state index in [4.69, 9.17) is 16.7 Å². The zero-order chi connectivity index (χ0) is 11.5. The average molecular weight is 239 g/mol. The Bertz CT molecular complexity index is 522. The summed E-state index contributed by atoms with van der Waals surface area (Å²) in [7, 11) is 0. The predicted molar refractivity (Wildman–Crippen MR) is 62.7 cm³/mol. The number of fused-ring (bicyclic) bond motifs is 1. The molecule has 0 aliphatic heterocycles. The highest BCUT2D eigenvalue weighted by Gasteiger charge is 2.08. The summed E-state index contributed by atoms with van der Waals surface area (Å²) in [6.07, 6.45) is 0. The number of aliphatic hydroxyl groups is 1. The van der Waals surface area contributed by atoms with Crippen molar-refractivity contribution in [1.82, 2.24) is 10.3 Å². The highest BCUT2D eigenvalue weighted by Crippen LogP contribution is 2.19.